The molecule has 2 heterocycles. The number of aromatic nitrogens is 3. The van der Waals surface area contributed by atoms with Crippen molar-refractivity contribution in [2.75, 3.05) is 19.8 Å². The number of para-hydroxylation sites is 1. The lowest BCUT2D eigenvalue weighted by Crippen LogP contribution is -2.43. The van der Waals surface area contributed by atoms with Crippen molar-refractivity contribution in [2.24, 2.45) is 0 Å². The molecule has 1 atom stereocenters. The van der Waals surface area contributed by atoms with Crippen molar-refractivity contribution in [3.63, 3.8) is 0 Å². The minimum absolute atomic E-state index is 0.319. The highest BCUT2D eigenvalue weighted by Gasteiger charge is 2.18. The maximum Gasteiger partial charge on any atom is 0.139 e. The Kier molecular flexibility index (Phi) is 3.57. The van der Waals surface area contributed by atoms with Crippen LogP contribution in [0.3, 0.4) is 0 Å². The predicted molar refractivity (Wildman–Crippen MR) is 72.4 cm³/mol. The van der Waals surface area contributed by atoms with Gasteiger partial charge in [0.2, 0.25) is 0 Å². The van der Waals surface area contributed by atoms with Gasteiger partial charge in [-0.3, -0.25) is 4.57 Å². The van der Waals surface area contributed by atoms with E-state index in [0.29, 0.717) is 6.04 Å². The first-order chi connectivity index (χ1) is 9.34. The van der Waals surface area contributed by atoms with Gasteiger partial charge in [0, 0.05) is 24.7 Å². The molecule has 5 nitrogen and oxygen atoms in total. The van der Waals surface area contributed by atoms with E-state index in [4.69, 9.17) is 4.74 Å². The first kappa shape index (κ1) is 12.3. The lowest BCUT2D eigenvalue weighted by Gasteiger charge is -2.23. The second kappa shape index (κ2) is 5.50. The number of hydrogen-bond acceptors (Lipinski definition) is 4. The molecule has 0 aliphatic carbocycles. The average molecular weight is 258 g/mol. The van der Waals surface area contributed by atoms with Crippen LogP contribution in [0.25, 0.3) is 5.69 Å². The Morgan fingerprint density at radius 3 is 2.89 bits per heavy atom. The summed E-state index contributed by atoms with van der Waals surface area (Å²) in [7, 11) is 0. The molecule has 1 N–H and O–H groups in total. The van der Waals surface area contributed by atoms with Crippen LogP contribution in [0.1, 0.15) is 11.6 Å². The molecule has 5 heteroatoms. The largest absolute Gasteiger partial charge is 0.379 e. The molecule has 0 radical (unpaired) electrons. The monoisotopic (exact) mass is 258 g/mol. The van der Waals surface area contributed by atoms with Gasteiger partial charge in [0.1, 0.15) is 11.6 Å². The lowest BCUT2D eigenvalue weighted by molar-refractivity contribution is 0.0762. The minimum Gasteiger partial charge on any atom is -0.379 e. The van der Waals surface area contributed by atoms with Gasteiger partial charge in [0.15, 0.2) is 0 Å². The summed E-state index contributed by atoms with van der Waals surface area (Å²) in [5.74, 6) is 1.89. The molecule has 1 aromatic carbocycles. The van der Waals surface area contributed by atoms with E-state index in [0.717, 1.165) is 43.5 Å². The molecule has 0 amide bonds. The molecular formula is C14H18N4O. The van der Waals surface area contributed by atoms with Gasteiger partial charge in [-0.05, 0) is 19.1 Å². The van der Waals surface area contributed by atoms with E-state index in [1.165, 1.54) is 0 Å². The number of morpholine rings is 1. The fourth-order valence-electron chi connectivity index (χ4n) is 2.42. The number of aryl methyl sites for hydroxylation is 1. The van der Waals surface area contributed by atoms with Crippen LogP contribution < -0.4 is 5.32 Å². The number of nitrogens with zero attached hydrogens (tertiary/aromatic N) is 3. The smallest absolute Gasteiger partial charge is 0.139 e. The van der Waals surface area contributed by atoms with E-state index < -0.39 is 0 Å². The van der Waals surface area contributed by atoms with Gasteiger partial charge < -0.3 is 10.1 Å². The van der Waals surface area contributed by atoms with E-state index in [1.807, 2.05) is 25.1 Å². The molecule has 1 aromatic heterocycles. The molecule has 1 unspecified atom stereocenters. The molecule has 100 valence electrons. The average Bonchev–Trinajstić information content (AvgIpc) is 2.82. The van der Waals surface area contributed by atoms with Crippen molar-refractivity contribution >= 4 is 0 Å². The number of hydrogen-bond donors (Lipinski definition) is 1. The third-order valence-electron chi connectivity index (χ3n) is 3.33. The molecular weight excluding hydrogens is 240 g/mol. The highest BCUT2D eigenvalue weighted by molar-refractivity contribution is 5.33. The van der Waals surface area contributed by atoms with Gasteiger partial charge in [-0.25, -0.2) is 0 Å². The van der Waals surface area contributed by atoms with E-state index >= 15 is 0 Å². The van der Waals surface area contributed by atoms with Crippen LogP contribution in [0.2, 0.25) is 0 Å². The van der Waals surface area contributed by atoms with Crippen molar-refractivity contribution in [1.82, 2.24) is 20.1 Å². The van der Waals surface area contributed by atoms with E-state index in [-0.39, 0.29) is 0 Å². The number of benzene rings is 1. The van der Waals surface area contributed by atoms with Crippen molar-refractivity contribution in [3.8, 4) is 5.69 Å². The molecule has 1 aliphatic rings. The third kappa shape index (κ3) is 2.67. The Hall–Kier alpha value is -1.72. The highest BCUT2D eigenvalue weighted by atomic mass is 16.5. The van der Waals surface area contributed by atoms with Crippen LogP contribution in [-0.2, 0) is 11.2 Å². The fraction of sp³-hybridized carbons (Fsp3) is 0.429. The van der Waals surface area contributed by atoms with Crippen molar-refractivity contribution in [3.05, 3.63) is 42.0 Å². The number of rotatable bonds is 3. The van der Waals surface area contributed by atoms with Crippen LogP contribution in [-0.4, -0.2) is 40.6 Å². The summed E-state index contributed by atoms with van der Waals surface area (Å²) in [5, 5.41) is 12.0. The summed E-state index contributed by atoms with van der Waals surface area (Å²) in [4.78, 5) is 0. The molecule has 0 bridgehead atoms. The zero-order chi connectivity index (χ0) is 13.1. The Bertz CT molecular complexity index is 532. The lowest BCUT2D eigenvalue weighted by atomic mass is 10.2. The molecule has 3 rings (SSSR count). The van der Waals surface area contributed by atoms with Crippen LogP contribution in [0.15, 0.2) is 30.3 Å². The SMILES string of the molecule is Cc1nnc(CC2COCCN2)n1-c1ccccc1. The summed E-state index contributed by atoms with van der Waals surface area (Å²) in [6, 6.07) is 10.5. The number of ether oxygens (including phenoxy) is 1. The second-order valence-electron chi connectivity index (χ2n) is 4.76. The van der Waals surface area contributed by atoms with Crippen molar-refractivity contribution < 1.29 is 4.74 Å². The van der Waals surface area contributed by atoms with Crippen molar-refractivity contribution in [1.29, 1.82) is 0 Å². The first-order valence-corrected chi connectivity index (χ1v) is 6.62. The molecule has 1 aliphatic heterocycles. The second-order valence-corrected chi connectivity index (χ2v) is 4.76. The maximum absolute atomic E-state index is 5.49. The Morgan fingerprint density at radius 1 is 1.32 bits per heavy atom. The summed E-state index contributed by atoms with van der Waals surface area (Å²) in [5.41, 5.74) is 1.11. The Labute approximate surface area is 112 Å². The standard InChI is InChI=1S/C14H18N4O/c1-11-16-17-14(9-12-10-19-8-7-15-12)18(11)13-5-3-2-4-6-13/h2-6,12,15H,7-10H2,1H3. The zero-order valence-corrected chi connectivity index (χ0v) is 11.0. The normalized spacial score (nSPS) is 19.5. The van der Waals surface area contributed by atoms with Gasteiger partial charge in [0.25, 0.3) is 0 Å². The molecule has 2 aromatic rings. The van der Waals surface area contributed by atoms with E-state index in [2.05, 4.69) is 32.2 Å². The summed E-state index contributed by atoms with van der Waals surface area (Å²) < 4.78 is 7.59. The van der Waals surface area contributed by atoms with Crippen LogP contribution in [0.4, 0.5) is 0 Å². The van der Waals surface area contributed by atoms with Gasteiger partial charge in [-0.1, -0.05) is 18.2 Å². The van der Waals surface area contributed by atoms with E-state index in [9.17, 15) is 0 Å². The van der Waals surface area contributed by atoms with E-state index in [1.54, 1.807) is 0 Å². The van der Waals surface area contributed by atoms with Crippen molar-refractivity contribution in [2.45, 2.75) is 19.4 Å². The molecule has 1 saturated heterocycles. The summed E-state index contributed by atoms with van der Waals surface area (Å²) in [6.07, 6.45) is 0.829. The summed E-state index contributed by atoms with van der Waals surface area (Å²) >= 11 is 0. The van der Waals surface area contributed by atoms with Gasteiger partial charge in [-0.15, -0.1) is 10.2 Å². The van der Waals surface area contributed by atoms with Crippen LogP contribution >= 0.6 is 0 Å². The Balaban J connectivity index is 1.86. The predicted octanol–water partition coefficient (Wildman–Crippen LogP) is 1.11. The zero-order valence-electron chi connectivity index (χ0n) is 11.0. The highest BCUT2D eigenvalue weighted by Crippen LogP contribution is 2.14. The molecule has 19 heavy (non-hydrogen) atoms. The van der Waals surface area contributed by atoms with Gasteiger partial charge >= 0.3 is 0 Å². The topological polar surface area (TPSA) is 52.0 Å². The van der Waals surface area contributed by atoms with Gasteiger partial charge in [-0.2, -0.15) is 0 Å². The van der Waals surface area contributed by atoms with Crippen LogP contribution in [0, 0.1) is 6.92 Å². The first-order valence-electron chi connectivity index (χ1n) is 6.62. The molecule has 0 spiro atoms. The quantitative estimate of drug-likeness (QED) is 0.896. The fourth-order valence-corrected chi connectivity index (χ4v) is 2.42. The Morgan fingerprint density at radius 2 is 2.16 bits per heavy atom. The molecule has 1 fully saturated rings. The summed E-state index contributed by atoms with van der Waals surface area (Å²) in [6.45, 7) is 4.42. The minimum atomic E-state index is 0.319. The molecule has 0 saturated carbocycles. The number of nitrogens with one attached hydrogen (secondary N) is 1. The third-order valence-corrected chi connectivity index (χ3v) is 3.33. The maximum atomic E-state index is 5.49. The van der Waals surface area contributed by atoms with Crippen LogP contribution in [0.5, 0.6) is 0 Å². The van der Waals surface area contributed by atoms with Gasteiger partial charge in [0.05, 0.1) is 13.2 Å².